The molecule has 0 bridgehead atoms. The largest absolute Gasteiger partial charge is 0.384 e. The summed E-state index contributed by atoms with van der Waals surface area (Å²) in [5, 5.41) is 8.68. The van der Waals surface area contributed by atoms with E-state index in [1.807, 2.05) is 17.8 Å². The Morgan fingerprint density at radius 2 is 2.16 bits per heavy atom. The summed E-state index contributed by atoms with van der Waals surface area (Å²) < 4.78 is 13.5. The van der Waals surface area contributed by atoms with Crippen LogP contribution in [0.5, 0.6) is 0 Å². The standard InChI is InChI=1S/C15H18FNOS/c16-15-10-13(3-1-6-18)9-14(11-15)12-17-4-2-7-19-8-5-17/h9-11,18H,2,4-8,12H2. The van der Waals surface area contributed by atoms with Crippen LogP contribution in [0.2, 0.25) is 0 Å². The van der Waals surface area contributed by atoms with Crippen LogP contribution in [-0.4, -0.2) is 41.2 Å². The Kier molecular flexibility index (Phi) is 5.71. The zero-order chi connectivity index (χ0) is 13.5. The molecular weight excluding hydrogens is 261 g/mol. The molecule has 1 aliphatic rings. The first-order valence-electron chi connectivity index (χ1n) is 6.47. The number of rotatable bonds is 2. The van der Waals surface area contributed by atoms with Gasteiger partial charge in [0.05, 0.1) is 0 Å². The predicted octanol–water partition coefficient (Wildman–Crippen LogP) is 2.11. The van der Waals surface area contributed by atoms with Crippen LogP contribution in [0, 0.1) is 17.7 Å². The van der Waals surface area contributed by atoms with E-state index in [2.05, 4.69) is 16.7 Å². The van der Waals surface area contributed by atoms with Gasteiger partial charge in [0.25, 0.3) is 0 Å². The molecule has 0 radical (unpaired) electrons. The van der Waals surface area contributed by atoms with Crippen molar-refractivity contribution >= 4 is 11.8 Å². The highest BCUT2D eigenvalue weighted by Crippen LogP contribution is 2.15. The maximum atomic E-state index is 13.5. The van der Waals surface area contributed by atoms with Gasteiger partial charge in [-0.05, 0) is 42.5 Å². The molecule has 0 aromatic heterocycles. The third-order valence-electron chi connectivity index (χ3n) is 2.99. The molecule has 4 heteroatoms. The van der Waals surface area contributed by atoms with Gasteiger partial charge in [-0.1, -0.05) is 11.8 Å². The third-order valence-corrected chi connectivity index (χ3v) is 4.04. The number of hydrogen-bond donors (Lipinski definition) is 1. The molecule has 1 aliphatic heterocycles. The van der Waals surface area contributed by atoms with Crippen molar-refractivity contribution in [2.24, 2.45) is 0 Å². The van der Waals surface area contributed by atoms with Crippen molar-refractivity contribution in [2.75, 3.05) is 31.2 Å². The highest BCUT2D eigenvalue weighted by molar-refractivity contribution is 7.99. The van der Waals surface area contributed by atoms with Crippen molar-refractivity contribution < 1.29 is 9.50 Å². The molecule has 1 saturated heterocycles. The molecule has 0 aliphatic carbocycles. The minimum Gasteiger partial charge on any atom is -0.384 e. The van der Waals surface area contributed by atoms with Crippen molar-refractivity contribution in [2.45, 2.75) is 13.0 Å². The van der Waals surface area contributed by atoms with E-state index in [4.69, 9.17) is 5.11 Å². The van der Waals surface area contributed by atoms with E-state index in [0.717, 1.165) is 31.0 Å². The van der Waals surface area contributed by atoms with Gasteiger partial charge in [0.1, 0.15) is 12.4 Å². The fourth-order valence-electron chi connectivity index (χ4n) is 2.17. The lowest BCUT2D eigenvalue weighted by Crippen LogP contribution is -2.25. The van der Waals surface area contributed by atoms with Gasteiger partial charge in [-0.25, -0.2) is 4.39 Å². The lowest BCUT2D eigenvalue weighted by Gasteiger charge is -2.19. The van der Waals surface area contributed by atoms with E-state index in [1.165, 1.54) is 18.2 Å². The van der Waals surface area contributed by atoms with E-state index in [-0.39, 0.29) is 12.4 Å². The molecule has 1 fully saturated rings. The van der Waals surface area contributed by atoms with Gasteiger partial charge in [-0.15, -0.1) is 0 Å². The summed E-state index contributed by atoms with van der Waals surface area (Å²) in [6.45, 7) is 2.70. The molecule has 2 rings (SSSR count). The fraction of sp³-hybridized carbons (Fsp3) is 0.467. The molecule has 0 amide bonds. The highest BCUT2D eigenvalue weighted by atomic mass is 32.2. The van der Waals surface area contributed by atoms with Gasteiger partial charge in [0.2, 0.25) is 0 Å². The molecule has 102 valence electrons. The predicted molar refractivity (Wildman–Crippen MR) is 77.6 cm³/mol. The molecule has 0 atom stereocenters. The van der Waals surface area contributed by atoms with Crippen LogP contribution in [-0.2, 0) is 6.54 Å². The van der Waals surface area contributed by atoms with Crippen molar-refractivity contribution in [3.63, 3.8) is 0 Å². The monoisotopic (exact) mass is 279 g/mol. The second kappa shape index (κ2) is 7.54. The van der Waals surface area contributed by atoms with Gasteiger partial charge in [0, 0.05) is 24.4 Å². The Bertz CT molecular complexity index is 473. The Morgan fingerprint density at radius 1 is 1.26 bits per heavy atom. The van der Waals surface area contributed by atoms with Crippen LogP contribution < -0.4 is 0 Å². The highest BCUT2D eigenvalue weighted by Gasteiger charge is 2.10. The fourth-order valence-corrected chi connectivity index (χ4v) is 3.09. The zero-order valence-corrected chi connectivity index (χ0v) is 11.7. The summed E-state index contributed by atoms with van der Waals surface area (Å²) in [6, 6.07) is 4.89. The summed E-state index contributed by atoms with van der Waals surface area (Å²) in [4.78, 5) is 2.36. The zero-order valence-electron chi connectivity index (χ0n) is 10.9. The van der Waals surface area contributed by atoms with Crippen LogP contribution in [0.1, 0.15) is 17.5 Å². The van der Waals surface area contributed by atoms with Crippen molar-refractivity contribution in [3.05, 3.63) is 35.1 Å². The average molecular weight is 279 g/mol. The van der Waals surface area contributed by atoms with E-state index in [9.17, 15) is 4.39 Å². The first kappa shape index (κ1) is 14.4. The summed E-state index contributed by atoms with van der Waals surface area (Å²) in [7, 11) is 0. The Balaban J connectivity index is 2.08. The molecule has 1 aromatic rings. The van der Waals surface area contributed by atoms with Gasteiger partial charge in [-0.3, -0.25) is 4.90 Å². The summed E-state index contributed by atoms with van der Waals surface area (Å²) in [5.74, 6) is 7.42. The number of aliphatic hydroxyl groups excluding tert-OH is 1. The van der Waals surface area contributed by atoms with Crippen molar-refractivity contribution in [1.29, 1.82) is 0 Å². The first-order valence-corrected chi connectivity index (χ1v) is 7.63. The number of aliphatic hydroxyl groups is 1. The topological polar surface area (TPSA) is 23.5 Å². The number of thioether (sulfide) groups is 1. The van der Waals surface area contributed by atoms with Crippen LogP contribution in [0.25, 0.3) is 0 Å². The molecule has 19 heavy (non-hydrogen) atoms. The van der Waals surface area contributed by atoms with Crippen LogP contribution in [0.4, 0.5) is 4.39 Å². The second-order valence-corrected chi connectivity index (χ2v) is 5.77. The Labute approximate surface area is 118 Å². The molecule has 0 spiro atoms. The van der Waals surface area contributed by atoms with Gasteiger partial charge >= 0.3 is 0 Å². The Morgan fingerprint density at radius 3 is 3.00 bits per heavy atom. The maximum Gasteiger partial charge on any atom is 0.124 e. The van der Waals surface area contributed by atoms with Crippen LogP contribution in [0.15, 0.2) is 18.2 Å². The molecule has 0 saturated carbocycles. The minimum absolute atomic E-state index is 0.199. The number of hydrogen-bond acceptors (Lipinski definition) is 3. The summed E-state index contributed by atoms with van der Waals surface area (Å²) in [6.07, 6.45) is 1.19. The summed E-state index contributed by atoms with van der Waals surface area (Å²) >= 11 is 1.98. The molecule has 0 unspecified atom stereocenters. The van der Waals surface area contributed by atoms with Crippen LogP contribution in [0.3, 0.4) is 0 Å². The quantitative estimate of drug-likeness (QED) is 0.839. The molecule has 1 heterocycles. The lowest BCUT2D eigenvalue weighted by atomic mass is 10.1. The van der Waals surface area contributed by atoms with Gasteiger partial charge in [-0.2, -0.15) is 11.8 Å². The van der Waals surface area contributed by atoms with Crippen molar-refractivity contribution in [3.8, 4) is 11.8 Å². The minimum atomic E-state index is -0.260. The average Bonchev–Trinajstić information content (AvgIpc) is 2.64. The lowest BCUT2D eigenvalue weighted by molar-refractivity contribution is 0.287. The number of benzene rings is 1. The molecule has 1 N–H and O–H groups in total. The normalized spacial score (nSPS) is 16.5. The third kappa shape index (κ3) is 4.87. The van der Waals surface area contributed by atoms with Gasteiger partial charge in [0.15, 0.2) is 0 Å². The Hall–Kier alpha value is -1.02. The molecular formula is C15H18FNOS. The van der Waals surface area contributed by atoms with E-state index >= 15 is 0 Å². The SMILES string of the molecule is OCC#Cc1cc(F)cc(CN2CCCSCC2)c1. The van der Waals surface area contributed by atoms with E-state index in [0.29, 0.717) is 5.56 Å². The van der Waals surface area contributed by atoms with Crippen molar-refractivity contribution in [1.82, 2.24) is 4.90 Å². The second-order valence-electron chi connectivity index (χ2n) is 4.55. The molecule has 1 aromatic carbocycles. The van der Waals surface area contributed by atoms with Gasteiger partial charge < -0.3 is 5.11 Å². The number of nitrogens with zero attached hydrogens (tertiary/aromatic N) is 1. The van der Waals surface area contributed by atoms with E-state index < -0.39 is 0 Å². The van der Waals surface area contributed by atoms with Crippen LogP contribution >= 0.6 is 11.8 Å². The smallest absolute Gasteiger partial charge is 0.124 e. The maximum absolute atomic E-state index is 13.5. The summed E-state index contributed by atoms with van der Waals surface area (Å²) in [5.41, 5.74) is 1.59. The van der Waals surface area contributed by atoms with E-state index in [1.54, 1.807) is 6.07 Å². The first-order chi connectivity index (χ1) is 9.28. The molecule has 2 nitrogen and oxygen atoms in total. The number of halogens is 1.